The minimum atomic E-state index is 0.214. The van der Waals surface area contributed by atoms with Gasteiger partial charge in [0, 0.05) is 0 Å². The van der Waals surface area contributed by atoms with Crippen molar-refractivity contribution >= 4 is 0 Å². The molecule has 0 aliphatic carbocycles. The molecule has 0 aliphatic heterocycles. The van der Waals surface area contributed by atoms with Gasteiger partial charge in [0.25, 0.3) is 0 Å². The lowest BCUT2D eigenvalue weighted by molar-refractivity contribution is 0.331. The van der Waals surface area contributed by atoms with E-state index >= 15 is 0 Å². The second kappa shape index (κ2) is 6.81. The highest BCUT2D eigenvalue weighted by Crippen LogP contribution is 2.02. The van der Waals surface area contributed by atoms with Crippen LogP contribution in [0.2, 0.25) is 0 Å². The van der Waals surface area contributed by atoms with E-state index in [1.54, 1.807) is 0 Å². The molecule has 0 rings (SSSR count). The Morgan fingerprint density at radius 3 is 2.60 bits per heavy atom. The molecule has 1 N–H and O–H groups in total. The van der Waals surface area contributed by atoms with E-state index in [9.17, 15) is 0 Å². The Morgan fingerprint density at radius 2 is 2.10 bits per heavy atom. The van der Waals surface area contributed by atoms with Gasteiger partial charge in [-0.2, -0.15) is 0 Å². The van der Waals surface area contributed by atoms with Crippen molar-refractivity contribution in [3.63, 3.8) is 0 Å². The van der Waals surface area contributed by atoms with Crippen molar-refractivity contribution in [3.8, 4) is 0 Å². The van der Waals surface area contributed by atoms with Gasteiger partial charge < -0.3 is 5.11 Å². The van der Waals surface area contributed by atoms with E-state index in [1.807, 2.05) is 6.92 Å². The standard InChI is InChI=1S/C9H18O/c1-3-4-5-6-7-9(2)8-10/h7,10H,3-6,8H2,1-2H3/b9-7+. The number of aliphatic hydroxyl groups is 1. The van der Waals surface area contributed by atoms with Gasteiger partial charge in [0.2, 0.25) is 0 Å². The Hall–Kier alpha value is -0.300. The predicted molar refractivity (Wildman–Crippen MR) is 45.0 cm³/mol. The van der Waals surface area contributed by atoms with Crippen LogP contribution in [0, 0.1) is 0 Å². The second-order valence-corrected chi connectivity index (χ2v) is 2.70. The van der Waals surface area contributed by atoms with Gasteiger partial charge in [-0.25, -0.2) is 0 Å². The molecule has 0 fully saturated rings. The highest BCUT2D eigenvalue weighted by Gasteiger charge is 1.85. The van der Waals surface area contributed by atoms with E-state index in [2.05, 4.69) is 13.0 Å². The van der Waals surface area contributed by atoms with E-state index < -0.39 is 0 Å². The number of hydrogen-bond acceptors (Lipinski definition) is 1. The number of allylic oxidation sites excluding steroid dienone is 1. The van der Waals surface area contributed by atoms with E-state index in [4.69, 9.17) is 5.11 Å². The van der Waals surface area contributed by atoms with Gasteiger partial charge >= 0.3 is 0 Å². The fraction of sp³-hybridized carbons (Fsp3) is 0.778. The zero-order valence-corrected chi connectivity index (χ0v) is 7.06. The lowest BCUT2D eigenvalue weighted by atomic mass is 10.1. The van der Waals surface area contributed by atoms with Crippen molar-refractivity contribution < 1.29 is 5.11 Å². The molecule has 10 heavy (non-hydrogen) atoms. The van der Waals surface area contributed by atoms with E-state index in [0.29, 0.717) is 0 Å². The van der Waals surface area contributed by atoms with Crippen LogP contribution in [0.25, 0.3) is 0 Å². The molecule has 1 nitrogen and oxygen atoms in total. The van der Waals surface area contributed by atoms with Gasteiger partial charge in [-0.1, -0.05) is 31.4 Å². The maximum absolute atomic E-state index is 8.62. The number of unbranched alkanes of at least 4 members (excludes halogenated alkanes) is 3. The van der Waals surface area contributed by atoms with Crippen LogP contribution in [0.3, 0.4) is 0 Å². The third-order valence-corrected chi connectivity index (χ3v) is 1.55. The first-order valence-corrected chi connectivity index (χ1v) is 4.07. The summed E-state index contributed by atoms with van der Waals surface area (Å²) >= 11 is 0. The maximum Gasteiger partial charge on any atom is 0.0639 e. The SMILES string of the molecule is CCCCC/C=C(\C)CO. The van der Waals surface area contributed by atoms with Crippen molar-refractivity contribution in [1.82, 2.24) is 0 Å². The second-order valence-electron chi connectivity index (χ2n) is 2.70. The molecule has 0 spiro atoms. The molecule has 0 heterocycles. The summed E-state index contributed by atoms with van der Waals surface area (Å²) in [6.07, 6.45) is 7.07. The fourth-order valence-electron chi connectivity index (χ4n) is 0.807. The molecule has 1 heteroatoms. The third kappa shape index (κ3) is 5.83. The largest absolute Gasteiger partial charge is 0.392 e. The summed E-state index contributed by atoms with van der Waals surface area (Å²) < 4.78 is 0. The molecule has 0 saturated carbocycles. The third-order valence-electron chi connectivity index (χ3n) is 1.55. The molecule has 0 aromatic carbocycles. The predicted octanol–water partition coefficient (Wildman–Crippen LogP) is 2.51. The van der Waals surface area contributed by atoms with E-state index in [-0.39, 0.29) is 6.61 Å². The topological polar surface area (TPSA) is 20.2 Å². The normalized spacial score (nSPS) is 12.1. The number of rotatable bonds is 5. The molecule has 0 unspecified atom stereocenters. The number of aliphatic hydroxyl groups excluding tert-OH is 1. The molecule has 0 radical (unpaired) electrons. The van der Waals surface area contributed by atoms with Crippen LogP contribution < -0.4 is 0 Å². The molecule has 0 amide bonds. The Balaban J connectivity index is 3.16. The first kappa shape index (κ1) is 9.70. The Morgan fingerprint density at radius 1 is 1.40 bits per heavy atom. The fourth-order valence-corrected chi connectivity index (χ4v) is 0.807. The lowest BCUT2D eigenvalue weighted by Crippen LogP contribution is -1.83. The van der Waals surface area contributed by atoms with Crippen LogP contribution in [0.15, 0.2) is 11.6 Å². The van der Waals surface area contributed by atoms with Crippen LogP contribution in [0.4, 0.5) is 0 Å². The quantitative estimate of drug-likeness (QED) is 0.462. The maximum atomic E-state index is 8.62. The molecular formula is C9H18O. The highest BCUT2D eigenvalue weighted by molar-refractivity contribution is 4.97. The van der Waals surface area contributed by atoms with Crippen LogP contribution in [0.5, 0.6) is 0 Å². The molecule has 0 aliphatic rings. The van der Waals surface area contributed by atoms with Crippen molar-refractivity contribution in [2.45, 2.75) is 39.5 Å². The minimum Gasteiger partial charge on any atom is -0.392 e. The molecular weight excluding hydrogens is 124 g/mol. The van der Waals surface area contributed by atoms with Gasteiger partial charge in [0.05, 0.1) is 6.61 Å². The minimum absolute atomic E-state index is 0.214. The molecule has 0 aromatic heterocycles. The van der Waals surface area contributed by atoms with Crippen LogP contribution >= 0.6 is 0 Å². The van der Waals surface area contributed by atoms with Crippen molar-refractivity contribution in [2.24, 2.45) is 0 Å². The van der Waals surface area contributed by atoms with Crippen LogP contribution in [-0.4, -0.2) is 11.7 Å². The average Bonchev–Trinajstić information content (AvgIpc) is 1.98. The molecule has 60 valence electrons. The van der Waals surface area contributed by atoms with Gasteiger partial charge in [0.15, 0.2) is 0 Å². The van der Waals surface area contributed by atoms with Crippen molar-refractivity contribution in [1.29, 1.82) is 0 Å². The summed E-state index contributed by atoms with van der Waals surface area (Å²) in [4.78, 5) is 0. The van der Waals surface area contributed by atoms with Gasteiger partial charge in [-0.15, -0.1) is 0 Å². The summed E-state index contributed by atoms with van der Waals surface area (Å²) in [5, 5.41) is 8.62. The summed E-state index contributed by atoms with van der Waals surface area (Å²) in [6.45, 7) is 4.38. The Labute approximate surface area is 63.8 Å². The van der Waals surface area contributed by atoms with E-state index in [0.717, 1.165) is 12.0 Å². The molecule has 0 atom stereocenters. The first-order valence-electron chi connectivity index (χ1n) is 4.07. The summed E-state index contributed by atoms with van der Waals surface area (Å²) in [5.41, 5.74) is 1.09. The first-order chi connectivity index (χ1) is 4.81. The number of hydrogen-bond donors (Lipinski definition) is 1. The zero-order valence-electron chi connectivity index (χ0n) is 7.06. The van der Waals surface area contributed by atoms with Gasteiger partial charge in [-0.05, 0) is 19.8 Å². The smallest absolute Gasteiger partial charge is 0.0639 e. The molecule has 0 saturated heterocycles. The van der Waals surface area contributed by atoms with Gasteiger partial charge in [-0.3, -0.25) is 0 Å². The Bertz CT molecular complexity index is 94.9. The van der Waals surface area contributed by atoms with Crippen LogP contribution in [-0.2, 0) is 0 Å². The summed E-state index contributed by atoms with van der Waals surface area (Å²) in [5.74, 6) is 0. The zero-order chi connectivity index (χ0) is 7.82. The average molecular weight is 142 g/mol. The monoisotopic (exact) mass is 142 g/mol. The molecule has 0 aromatic rings. The summed E-state index contributed by atoms with van der Waals surface area (Å²) in [7, 11) is 0. The highest BCUT2D eigenvalue weighted by atomic mass is 16.3. The van der Waals surface area contributed by atoms with Gasteiger partial charge in [0.1, 0.15) is 0 Å². The van der Waals surface area contributed by atoms with Crippen LogP contribution in [0.1, 0.15) is 39.5 Å². The van der Waals surface area contributed by atoms with Crippen molar-refractivity contribution in [2.75, 3.05) is 6.61 Å². The Kier molecular flexibility index (Phi) is 6.61. The lowest BCUT2D eigenvalue weighted by Gasteiger charge is -1.94. The van der Waals surface area contributed by atoms with E-state index in [1.165, 1.54) is 19.3 Å². The van der Waals surface area contributed by atoms with Crippen molar-refractivity contribution in [3.05, 3.63) is 11.6 Å². The summed E-state index contributed by atoms with van der Waals surface area (Å²) in [6, 6.07) is 0. The molecule has 0 bridgehead atoms.